The van der Waals surface area contributed by atoms with E-state index in [4.69, 9.17) is 4.74 Å². The van der Waals surface area contributed by atoms with Crippen LogP contribution in [0.2, 0.25) is 0 Å². The van der Waals surface area contributed by atoms with Crippen molar-refractivity contribution < 1.29 is 9.13 Å². The highest BCUT2D eigenvalue weighted by atomic mass is 19.1. The minimum absolute atomic E-state index is 0.192. The van der Waals surface area contributed by atoms with E-state index < -0.39 is 0 Å². The third-order valence-corrected chi connectivity index (χ3v) is 4.31. The van der Waals surface area contributed by atoms with E-state index in [9.17, 15) is 4.39 Å². The molecule has 0 spiro atoms. The lowest BCUT2D eigenvalue weighted by Crippen LogP contribution is -2.31. The first-order chi connectivity index (χ1) is 11.1. The quantitative estimate of drug-likeness (QED) is 0.820. The van der Waals surface area contributed by atoms with Crippen LogP contribution in [0.25, 0.3) is 0 Å². The third kappa shape index (κ3) is 4.39. The van der Waals surface area contributed by atoms with Crippen LogP contribution in [0.1, 0.15) is 29.7 Å². The van der Waals surface area contributed by atoms with Crippen LogP contribution >= 0.6 is 0 Å². The molecule has 1 atom stereocenters. The summed E-state index contributed by atoms with van der Waals surface area (Å²) >= 11 is 0. The predicted octanol–water partition coefficient (Wildman–Crippen LogP) is 3.05. The van der Waals surface area contributed by atoms with Crippen molar-refractivity contribution in [3.8, 4) is 0 Å². The van der Waals surface area contributed by atoms with Crippen molar-refractivity contribution >= 4 is 0 Å². The maximum Gasteiger partial charge on any atom is 0.123 e. The van der Waals surface area contributed by atoms with Crippen LogP contribution in [0.15, 0.2) is 30.5 Å². The van der Waals surface area contributed by atoms with Gasteiger partial charge in [-0.05, 0) is 37.5 Å². The first-order valence-electron chi connectivity index (χ1n) is 8.17. The van der Waals surface area contributed by atoms with Crippen LogP contribution in [0.5, 0.6) is 0 Å². The van der Waals surface area contributed by atoms with E-state index in [-0.39, 0.29) is 5.82 Å². The minimum Gasteiger partial charge on any atom is -0.377 e. The number of hydrogen-bond donors (Lipinski definition) is 0. The normalized spacial score (nSPS) is 18.0. The second kappa shape index (κ2) is 7.23. The van der Waals surface area contributed by atoms with E-state index in [0.29, 0.717) is 6.10 Å². The van der Waals surface area contributed by atoms with Crippen molar-refractivity contribution in [2.45, 2.75) is 39.0 Å². The molecule has 0 unspecified atom stereocenters. The molecule has 2 heterocycles. The molecule has 0 radical (unpaired) electrons. The molecular formula is C18H24FN3O. The molecule has 5 heteroatoms. The molecule has 124 valence electrons. The summed E-state index contributed by atoms with van der Waals surface area (Å²) in [6.07, 6.45) is 4.63. The Kier molecular flexibility index (Phi) is 5.08. The zero-order valence-corrected chi connectivity index (χ0v) is 13.8. The second-order valence-corrected chi connectivity index (χ2v) is 6.34. The Labute approximate surface area is 136 Å². The van der Waals surface area contributed by atoms with Gasteiger partial charge in [-0.1, -0.05) is 12.1 Å². The van der Waals surface area contributed by atoms with Crippen LogP contribution in [-0.4, -0.2) is 33.9 Å². The van der Waals surface area contributed by atoms with Gasteiger partial charge >= 0.3 is 0 Å². The number of ether oxygens (including phenoxy) is 1. The number of rotatable bonds is 6. The van der Waals surface area contributed by atoms with E-state index in [1.165, 1.54) is 17.7 Å². The lowest BCUT2D eigenvalue weighted by Gasteiger charge is -2.25. The Morgan fingerprint density at radius 3 is 2.70 bits per heavy atom. The molecule has 1 saturated heterocycles. The summed E-state index contributed by atoms with van der Waals surface area (Å²) in [6.45, 7) is 5.41. The third-order valence-electron chi connectivity index (χ3n) is 4.31. The minimum atomic E-state index is -0.192. The van der Waals surface area contributed by atoms with E-state index >= 15 is 0 Å². The van der Waals surface area contributed by atoms with E-state index in [1.807, 2.05) is 30.8 Å². The highest BCUT2D eigenvalue weighted by Gasteiger charge is 2.20. The Morgan fingerprint density at radius 1 is 1.30 bits per heavy atom. The van der Waals surface area contributed by atoms with Crippen molar-refractivity contribution in [2.75, 3.05) is 13.2 Å². The molecule has 3 rings (SSSR count). The van der Waals surface area contributed by atoms with Gasteiger partial charge < -0.3 is 4.74 Å². The topological polar surface area (TPSA) is 30.3 Å². The fourth-order valence-electron chi connectivity index (χ4n) is 3.15. The highest BCUT2D eigenvalue weighted by molar-refractivity contribution is 5.18. The molecule has 4 nitrogen and oxygen atoms in total. The van der Waals surface area contributed by atoms with Crippen molar-refractivity contribution in [1.29, 1.82) is 0 Å². The van der Waals surface area contributed by atoms with Gasteiger partial charge in [0.2, 0.25) is 0 Å². The number of aryl methyl sites for hydroxylation is 2. The van der Waals surface area contributed by atoms with Gasteiger partial charge in [0.15, 0.2) is 0 Å². The molecule has 1 aliphatic heterocycles. The molecule has 1 aromatic carbocycles. The van der Waals surface area contributed by atoms with Gasteiger partial charge in [0.25, 0.3) is 0 Å². The first kappa shape index (κ1) is 16.1. The zero-order valence-electron chi connectivity index (χ0n) is 13.8. The molecule has 2 aromatic rings. The average molecular weight is 317 g/mol. The van der Waals surface area contributed by atoms with Crippen LogP contribution < -0.4 is 0 Å². The molecule has 23 heavy (non-hydrogen) atoms. The van der Waals surface area contributed by atoms with Gasteiger partial charge in [-0.25, -0.2) is 4.39 Å². The molecule has 0 amide bonds. The van der Waals surface area contributed by atoms with Crippen molar-refractivity contribution in [3.05, 3.63) is 53.1 Å². The van der Waals surface area contributed by atoms with Gasteiger partial charge in [-0.2, -0.15) is 5.10 Å². The van der Waals surface area contributed by atoms with Gasteiger partial charge in [-0.3, -0.25) is 9.58 Å². The average Bonchev–Trinajstić information content (AvgIpc) is 3.12. The monoisotopic (exact) mass is 317 g/mol. The molecule has 1 aliphatic rings. The first-order valence-corrected chi connectivity index (χ1v) is 8.17. The molecule has 1 fully saturated rings. The molecule has 0 aliphatic carbocycles. The van der Waals surface area contributed by atoms with Gasteiger partial charge in [0, 0.05) is 45.0 Å². The van der Waals surface area contributed by atoms with Crippen LogP contribution in [0.3, 0.4) is 0 Å². The fraction of sp³-hybridized carbons (Fsp3) is 0.500. The standard InChI is InChI=1S/C18H24FN3O/c1-14-16(11-21(2)20-14)12-22(13-18-4-3-9-23-18)10-15-5-7-17(19)8-6-15/h5-8,11,18H,3-4,9-10,12-13H2,1-2H3/t18-/m0/s1. The maximum absolute atomic E-state index is 13.1. The number of hydrogen-bond acceptors (Lipinski definition) is 3. The van der Waals surface area contributed by atoms with Crippen LogP contribution in [0, 0.1) is 12.7 Å². The maximum atomic E-state index is 13.1. The van der Waals surface area contributed by atoms with Crippen molar-refractivity contribution in [2.24, 2.45) is 7.05 Å². The second-order valence-electron chi connectivity index (χ2n) is 6.34. The molecular weight excluding hydrogens is 293 g/mol. The highest BCUT2D eigenvalue weighted by Crippen LogP contribution is 2.18. The van der Waals surface area contributed by atoms with Crippen molar-refractivity contribution in [1.82, 2.24) is 14.7 Å². The number of nitrogens with zero attached hydrogens (tertiary/aromatic N) is 3. The Balaban J connectivity index is 1.72. The molecule has 0 N–H and O–H groups in total. The van der Waals surface area contributed by atoms with Gasteiger partial charge in [0.05, 0.1) is 11.8 Å². The molecule has 0 bridgehead atoms. The van der Waals surface area contributed by atoms with Gasteiger partial charge in [-0.15, -0.1) is 0 Å². The molecule has 0 saturated carbocycles. The van der Waals surface area contributed by atoms with E-state index in [2.05, 4.69) is 16.2 Å². The summed E-state index contributed by atoms with van der Waals surface area (Å²) in [5.74, 6) is -0.192. The SMILES string of the molecule is Cc1nn(C)cc1CN(Cc1ccc(F)cc1)C[C@@H]1CCCO1. The summed E-state index contributed by atoms with van der Waals surface area (Å²) in [5, 5.41) is 4.42. The number of aromatic nitrogens is 2. The lowest BCUT2D eigenvalue weighted by atomic mass is 10.1. The van der Waals surface area contributed by atoms with Crippen LogP contribution in [-0.2, 0) is 24.9 Å². The van der Waals surface area contributed by atoms with E-state index in [1.54, 1.807) is 0 Å². The summed E-state index contributed by atoms with van der Waals surface area (Å²) in [5.41, 5.74) is 3.41. The smallest absolute Gasteiger partial charge is 0.123 e. The Bertz CT molecular complexity index is 632. The predicted molar refractivity (Wildman–Crippen MR) is 87.4 cm³/mol. The lowest BCUT2D eigenvalue weighted by molar-refractivity contribution is 0.0678. The summed E-state index contributed by atoms with van der Waals surface area (Å²) < 4.78 is 20.8. The fourth-order valence-corrected chi connectivity index (χ4v) is 3.15. The van der Waals surface area contributed by atoms with Crippen LogP contribution in [0.4, 0.5) is 4.39 Å². The number of halogens is 1. The van der Waals surface area contributed by atoms with Gasteiger partial charge in [0.1, 0.15) is 5.82 Å². The number of benzene rings is 1. The largest absolute Gasteiger partial charge is 0.377 e. The zero-order chi connectivity index (χ0) is 16.2. The summed E-state index contributed by atoms with van der Waals surface area (Å²) in [7, 11) is 1.95. The van der Waals surface area contributed by atoms with Crippen molar-refractivity contribution in [3.63, 3.8) is 0 Å². The Hall–Kier alpha value is -1.72. The molecule has 1 aromatic heterocycles. The summed E-state index contributed by atoms with van der Waals surface area (Å²) in [6, 6.07) is 6.76. The Morgan fingerprint density at radius 2 is 2.09 bits per heavy atom. The van der Waals surface area contributed by atoms with E-state index in [0.717, 1.165) is 50.3 Å². The summed E-state index contributed by atoms with van der Waals surface area (Å²) in [4.78, 5) is 2.37.